The fourth-order valence-electron chi connectivity index (χ4n) is 1.51. The minimum Gasteiger partial charge on any atom is -0.481 e. The fourth-order valence-corrected chi connectivity index (χ4v) is 1.51. The van der Waals surface area contributed by atoms with Crippen molar-refractivity contribution in [1.82, 2.24) is 9.97 Å². The first-order valence-electron chi connectivity index (χ1n) is 5.65. The molecule has 1 rings (SSSR count). The van der Waals surface area contributed by atoms with Crippen molar-refractivity contribution in [3.8, 4) is 11.8 Å². The summed E-state index contributed by atoms with van der Waals surface area (Å²) in [5, 5.41) is 0. The van der Waals surface area contributed by atoms with Gasteiger partial charge in [0.25, 0.3) is 5.67 Å². The first kappa shape index (κ1) is 15.1. The van der Waals surface area contributed by atoms with E-state index in [1.165, 1.54) is 34.1 Å². The van der Waals surface area contributed by atoms with Gasteiger partial charge in [0.15, 0.2) is 5.82 Å². The number of hydrogen-bond acceptors (Lipinski definition) is 6. The average Bonchev–Trinajstić information content (AvgIpc) is 2.44. The van der Waals surface area contributed by atoms with Crippen molar-refractivity contribution < 1.29 is 23.4 Å². The molecule has 0 saturated heterocycles. The molecule has 1 heterocycles. The minimum atomic E-state index is -2.46. The van der Waals surface area contributed by atoms with Crippen LogP contribution in [0.3, 0.4) is 0 Å². The molecule has 1 unspecified atom stereocenters. The van der Waals surface area contributed by atoms with E-state index in [2.05, 4.69) is 14.7 Å². The van der Waals surface area contributed by atoms with Crippen LogP contribution in [0.25, 0.3) is 0 Å². The Hall–Kier alpha value is -1.92. The van der Waals surface area contributed by atoms with Crippen LogP contribution in [-0.4, -0.2) is 37.3 Å². The summed E-state index contributed by atoms with van der Waals surface area (Å²) in [6, 6.07) is 1.39. The molecule has 0 N–H and O–H groups in total. The van der Waals surface area contributed by atoms with E-state index in [9.17, 15) is 9.18 Å². The number of esters is 1. The van der Waals surface area contributed by atoms with Gasteiger partial charge < -0.3 is 14.2 Å². The normalized spacial score (nSPS) is 13.8. The van der Waals surface area contributed by atoms with Gasteiger partial charge in [0.1, 0.15) is 0 Å². The first-order chi connectivity index (χ1) is 8.89. The SMILES string of the molecule is COC(=O)C(F)(c1nc(OC)cc(OC)n1)C(C)C. The Kier molecular flexibility index (Phi) is 4.63. The highest BCUT2D eigenvalue weighted by molar-refractivity contribution is 5.80. The highest BCUT2D eigenvalue weighted by atomic mass is 19.1. The van der Waals surface area contributed by atoms with Gasteiger partial charge in [-0.25, -0.2) is 9.18 Å². The predicted octanol–water partition coefficient (Wildman–Crippen LogP) is 1.49. The summed E-state index contributed by atoms with van der Waals surface area (Å²) < 4.78 is 29.3. The Morgan fingerprint density at radius 1 is 1.21 bits per heavy atom. The lowest BCUT2D eigenvalue weighted by Crippen LogP contribution is -2.39. The third-order valence-electron chi connectivity index (χ3n) is 2.70. The molecule has 1 aromatic heterocycles. The summed E-state index contributed by atoms with van der Waals surface area (Å²) in [6.45, 7) is 3.07. The third kappa shape index (κ3) is 2.74. The third-order valence-corrected chi connectivity index (χ3v) is 2.70. The second kappa shape index (κ2) is 5.81. The summed E-state index contributed by atoms with van der Waals surface area (Å²) >= 11 is 0. The monoisotopic (exact) mass is 272 g/mol. The van der Waals surface area contributed by atoms with Gasteiger partial charge in [0.05, 0.1) is 27.4 Å². The number of nitrogens with zero attached hydrogens (tertiary/aromatic N) is 2. The number of carbonyl (C=O) groups excluding carboxylic acids is 1. The van der Waals surface area contributed by atoms with Crippen LogP contribution in [0, 0.1) is 5.92 Å². The molecular formula is C12H17FN2O4. The molecule has 0 fully saturated rings. The molecule has 0 bridgehead atoms. The van der Waals surface area contributed by atoms with Crippen molar-refractivity contribution in [2.24, 2.45) is 5.92 Å². The average molecular weight is 272 g/mol. The van der Waals surface area contributed by atoms with Crippen LogP contribution >= 0.6 is 0 Å². The standard InChI is InChI=1S/C12H17FN2O4/c1-7(2)12(13,11(16)19-5)10-14-8(17-3)6-9(15-10)18-4/h6-7H,1-5H3. The van der Waals surface area contributed by atoms with Gasteiger partial charge in [0.2, 0.25) is 11.8 Å². The van der Waals surface area contributed by atoms with E-state index in [4.69, 9.17) is 9.47 Å². The fraction of sp³-hybridized carbons (Fsp3) is 0.583. The number of alkyl halides is 1. The van der Waals surface area contributed by atoms with Crippen LogP contribution in [0.4, 0.5) is 4.39 Å². The lowest BCUT2D eigenvalue weighted by Gasteiger charge is -2.25. The zero-order valence-corrected chi connectivity index (χ0v) is 11.6. The van der Waals surface area contributed by atoms with Gasteiger partial charge in [-0.3, -0.25) is 0 Å². The molecular weight excluding hydrogens is 255 g/mol. The Morgan fingerprint density at radius 2 is 1.68 bits per heavy atom. The second-order valence-corrected chi connectivity index (χ2v) is 4.13. The summed E-state index contributed by atoms with van der Waals surface area (Å²) in [4.78, 5) is 19.5. The van der Waals surface area contributed by atoms with Crippen molar-refractivity contribution in [2.75, 3.05) is 21.3 Å². The minimum absolute atomic E-state index is 0.105. The highest BCUT2D eigenvalue weighted by Crippen LogP contribution is 2.35. The number of methoxy groups -OCH3 is 3. The lowest BCUT2D eigenvalue weighted by molar-refractivity contribution is -0.159. The van der Waals surface area contributed by atoms with Gasteiger partial charge in [-0.05, 0) is 0 Å². The molecule has 106 valence electrons. The molecule has 6 nitrogen and oxygen atoms in total. The van der Waals surface area contributed by atoms with Gasteiger partial charge in [0, 0.05) is 5.92 Å². The van der Waals surface area contributed by atoms with Crippen molar-refractivity contribution in [1.29, 1.82) is 0 Å². The molecule has 19 heavy (non-hydrogen) atoms. The van der Waals surface area contributed by atoms with Gasteiger partial charge in [-0.15, -0.1) is 0 Å². The summed E-state index contributed by atoms with van der Waals surface area (Å²) in [5.41, 5.74) is -2.46. The summed E-state index contributed by atoms with van der Waals surface area (Å²) in [7, 11) is 3.86. The molecule has 7 heteroatoms. The van der Waals surface area contributed by atoms with Crippen LogP contribution in [0.2, 0.25) is 0 Å². The van der Waals surface area contributed by atoms with E-state index in [1.807, 2.05) is 0 Å². The van der Waals surface area contributed by atoms with E-state index in [0.717, 1.165) is 7.11 Å². The lowest BCUT2D eigenvalue weighted by atomic mass is 9.91. The van der Waals surface area contributed by atoms with Gasteiger partial charge >= 0.3 is 5.97 Å². The van der Waals surface area contributed by atoms with E-state index in [1.54, 1.807) is 0 Å². The molecule has 0 aliphatic carbocycles. The Balaban J connectivity index is 3.42. The zero-order chi connectivity index (χ0) is 14.6. The van der Waals surface area contributed by atoms with Crippen LogP contribution in [0.5, 0.6) is 11.8 Å². The highest BCUT2D eigenvalue weighted by Gasteiger charge is 2.48. The number of halogens is 1. The second-order valence-electron chi connectivity index (χ2n) is 4.13. The van der Waals surface area contributed by atoms with Crippen molar-refractivity contribution in [2.45, 2.75) is 19.5 Å². The number of hydrogen-bond donors (Lipinski definition) is 0. The van der Waals surface area contributed by atoms with E-state index in [0.29, 0.717) is 0 Å². The maximum atomic E-state index is 15.0. The molecule has 0 amide bonds. The summed E-state index contributed by atoms with van der Waals surface area (Å²) in [6.07, 6.45) is 0. The smallest absolute Gasteiger partial charge is 0.352 e. The molecule has 0 aliphatic heterocycles. The summed E-state index contributed by atoms with van der Waals surface area (Å²) in [5.74, 6) is -1.90. The van der Waals surface area contributed by atoms with E-state index >= 15 is 0 Å². The van der Waals surface area contributed by atoms with Crippen LogP contribution in [-0.2, 0) is 15.2 Å². The van der Waals surface area contributed by atoms with E-state index < -0.39 is 17.6 Å². The zero-order valence-electron chi connectivity index (χ0n) is 11.6. The van der Waals surface area contributed by atoms with Crippen molar-refractivity contribution in [3.63, 3.8) is 0 Å². The van der Waals surface area contributed by atoms with Gasteiger partial charge in [-0.2, -0.15) is 9.97 Å². The number of carbonyl (C=O) groups is 1. The molecule has 0 saturated carbocycles. The van der Waals surface area contributed by atoms with Crippen molar-refractivity contribution >= 4 is 5.97 Å². The molecule has 0 aromatic carbocycles. The molecule has 0 spiro atoms. The number of aromatic nitrogens is 2. The molecule has 1 aromatic rings. The van der Waals surface area contributed by atoms with Gasteiger partial charge in [-0.1, -0.05) is 13.8 Å². The van der Waals surface area contributed by atoms with Crippen LogP contribution in [0.15, 0.2) is 6.07 Å². The van der Waals surface area contributed by atoms with Crippen LogP contribution < -0.4 is 9.47 Å². The molecule has 0 aliphatic rings. The Bertz CT molecular complexity index is 445. The number of rotatable bonds is 5. The largest absolute Gasteiger partial charge is 0.481 e. The van der Waals surface area contributed by atoms with Crippen molar-refractivity contribution in [3.05, 3.63) is 11.9 Å². The predicted molar refractivity (Wildman–Crippen MR) is 64.8 cm³/mol. The Morgan fingerprint density at radius 3 is 2.00 bits per heavy atom. The van der Waals surface area contributed by atoms with E-state index in [-0.39, 0.29) is 17.6 Å². The first-order valence-corrected chi connectivity index (χ1v) is 5.65. The Labute approximate surface area is 110 Å². The topological polar surface area (TPSA) is 70.5 Å². The molecule has 0 radical (unpaired) electrons. The maximum absolute atomic E-state index is 15.0. The molecule has 1 atom stereocenters. The quantitative estimate of drug-likeness (QED) is 0.756. The van der Waals surface area contributed by atoms with Crippen LogP contribution in [0.1, 0.15) is 19.7 Å². The number of ether oxygens (including phenoxy) is 3. The maximum Gasteiger partial charge on any atom is 0.352 e.